The molecule has 1 aromatic heterocycles. The van der Waals surface area contributed by atoms with E-state index in [9.17, 15) is 14.9 Å². The molecule has 0 aliphatic heterocycles. The van der Waals surface area contributed by atoms with Crippen LogP contribution < -0.4 is 14.8 Å². The van der Waals surface area contributed by atoms with Crippen LogP contribution in [-0.2, 0) is 6.61 Å². The molecule has 9 nitrogen and oxygen atoms in total. The van der Waals surface area contributed by atoms with Gasteiger partial charge in [-0.15, -0.1) is 0 Å². The smallest absolute Gasteiger partial charge is 0.296 e. The van der Waals surface area contributed by atoms with Gasteiger partial charge < -0.3 is 19.3 Å². The molecule has 0 aliphatic rings. The maximum absolute atomic E-state index is 12.7. The number of anilines is 1. The van der Waals surface area contributed by atoms with Gasteiger partial charge in [0.05, 0.1) is 23.7 Å². The van der Waals surface area contributed by atoms with Crippen molar-refractivity contribution in [3.8, 4) is 11.5 Å². The number of benzene rings is 2. The molecule has 3 rings (SSSR count). The van der Waals surface area contributed by atoms with Crippen LogP contribution in [0.2, 0.25) is 0 Å². The summed E-state index contributed by atoms with van der Waals surface area (Å²) in [6.07, 6.45) is 0. The van der Waals surface area contributed by atoms with Crippen molar-refractivity contribution in [1.82, 2.24) is 5.16 Å². The molecule has 2 aromatic carbocycles. The van der Waals surface area contributed by atoms with Crippen LogP contribution >= 0.6 is 0 Å². The monoisotopic (exact) mass is 397 g/mol. The van der Waals surface area contributed by atoms with Gasteiger partial charge in [-0.05, 0) is 38.1 Å². The molecule has 0 unspecified atom stereocenters. The number of rotatable bonds is 7. The standard InChI is InChI=1S/C20H19N3O6/c1-12-4-6-14(7-5-12)28-11-16-13(2)29-22-19(16)20(24)21-17-9-8-15(27-3)10-18(17)23(25)26/h4-10H,11H2,1-3H3,(H,21,24). The zero-order valence-corrected chi connectivity index (χ0v) is 16.1. The molecule has 0 aliphatic carbocycles. The van der Waals surface area contributed by atoms with E-state index in [1.165, 1.54) is 25.3 Å². The van der Waals surface area contributed by atoms with Crippen LogP contribution in [0.3, 0.4) is 0 Å². The fourth-order valence-electron chi connectivity index (χ4n) is 2.61. The number of carbonyl (C=O) groups is 1. The highest BCUT2D eigenvalue weighted by molar-refractivity contribution is 6.05. The lowest BCUT2D eigenvalue weighted by atomic mass is 10.2. The quantitative estimate of drug-likeness (QED) is 0.472. The first kappa shape index (κ1) is 19.9. The Kier molecular flexibility index (Phi) is 5.77. The Labute approximate surface area is 166 Å². The van der Waals surface area contributed by atoms with Gasteiger partial charge in [-0.25, -0.2) is 0 Å². The van der Waals surface area contributed by atoms with Gasteiger partial charge in [0.25, 0.3) is 11.6 Å². The molecule has 0 spiro atoms. The summed E-state index contributed by atoms with van der Waals surface area (Å²) in [4.78, 5) is 23.4. The first-order valence-electron chi connectivity index (χ1n) is 8.67. The first-order valence-corrected chi connectivity index (χ1v) is 8.67. The summed E-state index contributed by atoms with van der Waals surface area (Å²) in [7, 11) is 1.40. The van der Waals surface area contributed by atoms with Crippen LogP contribution in [-0.4, -0.2) is 23.1 Å². The van der Waals surface area contributed by atoms with E-state index in [4.69, 9.17) is 14.0 Å². The summed E-state index contributed by atoms with van der Waals surface area (Å²) in [5, 5.41) is 17.6. The Morgan fingerprint density at radius 1 is 1.17 bits per heavy atom. The number of carbonyl (C=O) groups excluding carboxylic acids is 1. The highest BCUT2D eigenvalue weighted by Gasteiger charge is 2.24. The number of nitrogens with one attached hydrogen (secondary N) is 1. The number of amides is 1. The summed E-state index contributed by atoms with van der Waals surface area (Å²) in [6, 6.07) is 11.6. The Morgan fingerprint density at radius 3 is 2.52 bits per heavy atom. The van der Waals surface area contributed by atoms with E-state index in [1.807, 2.05) is 31.2 Å². The molecule has 29 heavy (non-hydrogen) atoms. The highest BCUT2D eigenvalue weighted by atomic mass is 16.6. The second-order valence-electron chi connectivity index (χ2n) is 6.26. The number of nitrogens with zero attached hydrogens (tertiary/aromatic N) is 2. The van der Waals surface area contributed by atoms with Gasteiger partial charge in [0.15, 0.2) is 5.69 Å². The number of ether oxygens (including phenoxy) is 2. The molecule has 0 fully saturated rings. The van der Waals surface area contributed by atoms with Gasteiger partial charge in [-0.1, -0.05) is 22.9 Å². The predicted molar refractivity (Wildman–Crippen MR) is 104 cm³/mol. The third-order valence-electron chi connectivity index (χ3n) is 4.25. The zero-order chi connectivity index (χ0) is 21.0. The number of hydrogen-bond donors (Lipinski definition) is 1. The average Bonchev–Trinajstić information content (AvgIpc) is 3.08. The molecule has 3 aromatic rings. The summed E-state index contributed by atoms with van der Waals surface area (Å²) >= 11 is 0. The molecular formula is C20H19N3O6. The molecule has 1 N–H and O–H groups in total. The van der Waals surface area contributed by atoms with Crippen LogP contribution in [0.15, 0.2) is 47.0 Å². The lowest BCUT2D eigenvalue weighted by molar-refractivity contribution is -0.384. The van der Waals surface area contributed by atoms with Crippen LogP contribution in [0.1, 0.15) is 27.4 Å². The fourth-order valence-corrected chi connectivity index (χ4v) is 2.61. The molecule has 0 saturated heterocycles. The molecule has 1 heterocycles. The number of aromatic nitrogens is 1. The van der Waals surface area contributed by atoms with E-state index in [-0.39, 0.29) is 23.7 Å². The van der Waals surface area contributed by atoms with Crippen molar-refractivity contribution in [3.63, 3.8) is 0 Å². The Hall–Kier alpha value is -3.88. The number of hydrogen-bond acceptors (Lipinski definition) is 7. The molecule has 0 atom stereocenters. The summed E-state index contributed by atoms with van der Waals surface area (Å²) in [5.74, 6) is 0.719. The third kappa shape index (κ3) is 4.52. The molecule has 0 saturated carbocycles. The number of aryl methyl sites for hydroxylation is 2. The van der Waals surface area contributed by atoms with E-state index in [0.29, 0.717) is 22.8 Å². The maximum atomic E-state index is 12.7. The second kappa shape index (κ2) is 8.42. The second-order valence-corrected chi connectivity index (χ2v) is 6.26. The molecule has 0 radical (unpaired) electrons. The van der Waals surface area contributed by atoms with Gasteiger partial charge in [0.1, 0.15) is 29.6 Å². The lowest BCUT2D eigenvalue weighted by Crippen LogP contribution is -2.16. The zero-order valence-electron chi connectivity index (χ0n) is 16.1. The normalized spacial score (nSPS) is 10.4. The summed E-state index contributed by atoms with van der Waals surface area (Å²) in [6.45, 7) is 3.69. The summed E-state index contributed by atoms with van der Waals surface area (Å²) < 4.78 is 15.8. The minimum Gasteiger partial charge on any atom is -0.496 e. The lowest BCUT2D eigenvalue weighted by Gasteiger charge is -2.08. The van der Waals surface area contributed by atoms with Crippen molar-refractivity contribution < 1.29 is 23.7 Å². The van der Waals surface area contributed by atoms with Crippen molar-refractivity contribution >= 4 is 17.3 Å². The fraction of sp³-hybridized carbons (Fsp3) is 0.200. The van der Waals surface area contributed by atoms with Crippen molar-refractivity contribution in [2.24, 2.45) is 0 Å². The van der Waals surface area contributed by atoms with Crippen molar-refractivity contribution in [2.75, 3.05) is 12.4 Å². The van der Waals surface area contributed by atoms with Crippen LogP contribution in [0.5, 0.6) is 11.5 Å². The first-order chi connectivity index (χ1) is 13.9. The van der Waals surface area contributed by atoms with Crippen molar-refractivity contribution in [1.29, 1.82) is 0 Å². The van der Waals surface area contributed by atoms with E-state index >= 15 is 0 Å². The molecule has 1 amide bonds. The Bertz CT molecular complexity index is 1040. The van der Waals surface area contributed by atoms with Crippen LogP contribution in [0, 0.1) is 24.0 Å². The molecular weight excluding hydrogens is 378 g/mol. The van der Waals surface area contributed by atoms with Gasteiger partial charge >= 0.3 is 0 Å². The minimum absolute atomic E-state index is 0.000252. The van der Waals surface area contributed by atoms with Crippen LogP contribution in [0.25, 0.3) is 0 Å². The van der Waals surface area contributed by atoms with Gasteiger partial charge in [-0.2, -0.15) is 0 Å². The predicted octanol–water partition coefficient (Wildman–Crippen LogP) is 4.04. The van der Waals surface area contributed by atoms with Gasteiger partial charge in [0, 0.05) is 0 Å². The molecule has 0 bridgehead atoms. The Balaban J connectivity index is 1.80. The number of nitro groups is 1. The van der Waals surface area contributed by atoms with Crippen molar-refractivity contribution in [3.05, 3.63) is 75.2 Å². The number of methoxy groups -OCH3 is 1. The minimum atomic E-state index is -0.641. The van der Waals surface area contributed by atoms with Gasteiger partial charge in [0.2, 0.25) is 0 Å². The summed E-state index contributed by atoms with van der Waals surface area (Å²) in [5.41, 5.74) is 1.28. The molecule has 9 heteroatoms. The van der Waals surface area contributed by atoms with E-state index in [0.717, 1.165) is 5.56 Å². The molecule has 150 valence electrons. The van der Waals surface area contributed by atoms with E-state index in [1.54, 1.807) is 6.92 Å². The van der Waals surface area contributed by atoms with Gasteiger partial charge in [-0.3, -0.25) is 14.9 Å². The SMILES string of the molecule is COc1ccc(NC(=O)c2noc(C)c2COc2ccc(C)cc2)c([N+](=O)[O-])c1. The largest absolute Gasteiger partial charge is 0.496 e. The van der Waals surface area contributed by atoms with Crippen molar-refractivity contribution in [2.45, 2.75) is 20.5 Å². The average molecular weight is 397 g/mol. The van der Waals surface area contributed by atoms with E-state index < -0.39 is 10.8 Å². The Morgan fingerprint density at radius 2 is 1.86 bits per heavy atom. The third-order valence-corrected chi connectivity index (χ3v) is 4.25. The van der Waals surface area contributed by atoms with E-state index in [2.05, 4.69) is 10.5 Å². The topological polar surface area (TPSA) is 117 Å². The van der Waals surface area contributed by atoms with Crippen LogP contribution in [0.4, 0.5) is 11.4 Å². The number of nitro benzene ring substituents is 1. The highest BCUT2D eigenvalue weighted by Crippen LogP contribution is 2.29. The maximum Gasteiger partial charge on any atom is 0.296 e.